The number of esters is 1. The molecule has 1 aliphatic heterocycles. The van der Waals surface area contributed by atoms with Crippen molar-refractivity contribution >= 4 is 5.97 Å². The van der Waals surface area contributed by atoms with Crippen molar-refractivity contribution in [2.45, 2.75) is 64.5 Å². The molecule has 1 fully saturated rings. The molecule has 1 unspecified atom stereocenters. The minimum atomic E-state index is -0.0959. The van der Waals surface area contributed by atoms with Crippen molar-refractivity contribution < 1.29 is 9.53 Å². The summed E-state index contributed by atoms with van der Waals surface area (Å²) < 4.78 is 4.69. The molecule has 0 spiro atoms. The van der Waals surface area contributed by atoms with Crippen LogP contribution in [-0.4, -0.2) is 49.2 Å². The maximum absolute atomic E-state index is 11.1. The first-order valence-electron chi connectivity index (χ1n) is 7.48. The molecule has 1 N–H and O–H groups in total. The SMILES string of the molecule is COC(=O)CCCN1CCCCC1CNC(C)(C)C. The van der Waals surface area contributed by atoms with Crippen molar-refractivity contribution in [1.29, 1.82) is 0 Å². The van der Waals surface area contributed by atoms with Gasteiger partial charge in [0.15, 0.2) is 0 Å². The number of nitrogens with zero attached hydrogens (tertiary/aromatic N) is 1. The Bertz CT molecular complexity index is 274. The molecule has 0 saturated carbocycles. The van der Waals surface area contributed by atoms with Crippen LogP contribution in [0.25, 0.3) is 0 Å². The summed E-state index contributed by atoms with van der Waals surface area (Å²) in [5, 5.41) is 3.60. The van der Waals surface area contributed by atoms with Gasteiger partial charge in [-0.25, -0.2) is 0 Å². The van der Waals surface area contributed by atoms with Gasteiger partial charge in [-0.15, -0.1) is 0 Å². The smallest absolute Gasteiger partial charge is 0.305 e. The predicted octanol–water partition coefficient (Wildman–Crippen LogP) is 2.18. The van der Waals surface area contributed by atoms with Crippen LogP contribution in [0.5, 0.6) is 0 Å². The van der Waals surface area contributed by atoms with Crippen LogP contribution in [-0.2, 0) is 9.53 Å². The van der Waals surface area contributed by atoms with Crippen LogP contribution < -0.4 is 5.32 Å². The Morgan fingerprint density at radius 3 is 2.74 bits per heavy atom. The number of likely N-dealkylation sites (tertiary alicyclic amines) is 1. The maximum Gasteiger partial charge on any atom is 0.305 e. The molecule has 1 aliphatic rings. The van der Waals surface area contributed by atoms with Crippen molar-refractivity contribution in [3.63, 3.8) is 0 Å². The topological polar surface area (TPSA) is 41.6 Å². The second kappa shape index (κ2) is 7.85. The van der Waals surface area contributed by atoms with E-state index >= 15 is 0 Å². The largest absolute Gasteiger partial charge is 0.469 e. The third-order valence-corrected chi connectivity index (χ3v) is 3.67. The standard InChI is InChI=1S/C15H30N2O2/c1-15(2,3)16-12-13-8-5-6-10-17(13)11-7-9-14(18)19-4/h13,16H,5-12H2,1-4H3. The van der Waals surface area contributed by atoms with Gasteiger partial charge in [0, 0.05) is 24.5 Å². The summed E-state index contributed by atoms with van der Waals surface area (Å²) in [6.07, 6.45) is 5.31. The zero-order valence-electron chi connectivity index (χ0n) is 13.0. The molecule has 1 saturated heterocycles. The monoisotopic (exact) mass is 270 g/mol. The van der Waals surface area contributed by atoms with E-state index in [0.717, 1.165) is 26.1 Å². The van der Waals surface area contributed by atoms with Crippen LogP contribution in [0.15, 0.2) is 0 Å². The van der Waals surface area contributed by atoms with E-state index < -0.39 is 0 Å². The minimum Gasteiger partial charge on any atom is -0.469 e. The summed E-state index contributed by atoms with van der Waals surface area (Å²) >= 11 is 0. The van der Waals surface area contributed by atoms with Crippen molar-refractivity contribution in [3.05, 3.63) is 0 Å². The van der Waals surface area contributed by atoms with Crippen molar-refractivity contribution in [2.75, 3.05) is 26.7 Å². The normalized spacial score (nSPS) is 21.4. The molecular weight excluding hydrogens is 240 g/mol. The molecule has 0 amide bonds. The van der Waals surface area contributed by atoms with E-state index in [9.17, 15) is 4.79 Å². The molecule has 0 radical (unpaired) electrons. The molecule has 0 aromatic carbocycles. The number of methoxy groups -OCH3 is 1. The van der Waals surface area contributed by atoms with E-state index in [-0.39, 0.29) is 11.5 Å². The first-order chi connectivity index (χ1) is 8.92. The quantitative estimate of drug-likeness (QED) is 0.751. The summed E-state index contributed by atoms with van der Waals surface area (Å²) in [6, 6.07) is 0.616. The van der Waals surface area contributed by atoms with E-state index in [1.54, 1.807) is 0 Å². The fourth-order valence-electron chi connectivity index (χ4n) is 2.54. The summed E-state index contributed by atoms with van der Waals surface area (Å²) in [4.78, 5) is 13.7. The van der Waals surface area contributed by atoms with E-state index in [0.29, 0.717) is 12.5 Å². The molecule has 19 heavy (non-hydrogen) atoms. The highest BCUT2D eigenvalue weighted by Gasteiger charge is 2.23. The lowest BCUT2D eigenvalue weighted by molar-refractivity contribution is -0.140. The summed E-state index contributed by atoms with van der Waals surface area (Å²) in [5.41, 5.74) is 0.176. The lowest BCUT2D eigenvalue weighted by atomic mass is 10.00. The minimum absolute atomic E-state index is 0.0959. The van der Waals surface area contributed by atoms with Crippen molar-refractivity contribution in [2.24, 2.45) is 0 Å². The van der Waals surface area contributed by atoms with Gasteiger partial charge in [0.05, 0.1) is 7.11 Å². The average molecular weight is 270 g/mol. The highest BCUT2D eigenvalue weighted by molar-refractivity contribution is 5.69. The van der Waals surface area contributed by atoms with Gasteiger partial charge in [0.25, 0.3) is 0 Å². The Kier molecular flexibility index (Phi) is 6.80. The van der Waals surface area contributed by atoms with Crippen LogP contribution in [0, 0.1) is 0 Å². The molecular formula is C15H30N2O2. The number of hydrogen-bond donors (Lipinski definition) is 1. The molecule has 0 bridgehead atoms. The van der Waals surface area contributed by atoms with Crippen molar-refractivity contribution in [3.8, 4) is 0 Å². The van der Waals surface area contributed by atoms with E-state index in [1.165, 1.54) is 26.4 Å². The highest BCUT2D eigenvalue weighted by Crippen LogP contribution is 2.18. The molecule has 4 heteroatoms. The zero-order chi connectivity index (χ0) is 14.3. The van der Waals surface area contributed by atoms with E-state index in [1.807, 2.05) is 0 Å². The highest BCUT2D eigenvalue weighted by atomic mass is 16.5. The number of nitrogens with one attached hydrogen (secondary N) is 1. The van der Waals surface area contributed by atoms with Gasteiger partial charge in [-0.2, -0.15) is 0 Å². The predicted molar refractivity (Wildman–Crippen MR) is 78.2 cm³/mol. The second-order valence-corrected chi connectivity index (χ2v) is 6.50. The lowest BCUT2D eigenvalue weighted by Crippen LogP contribution is -2.49. The third kappa shape index (κ3) is 6.92. The van der Waals surface area contributed by atoms with Gasteiger partial charge in [-0.05, 0) is 53.1 Å². The zero-order valence-corrected chi connectivity index (χ0v) is 13.0. The van der Waals surface area contributed by atoms with Gasteiger partial charge in [-0.1, -0.05) is 6.42 Å². The summed E-state index contributed by atoms with van der Waals surface area (Å²) in [6.45, 7) is 9.83. The van der Waals surface area contributed by atoms with Crippen LogP contribution in [0.4, 0.5) is 0 Å². The maximum atomic E-state index is 11.1. The van der Waals surface area contributed by atoms with Crippen LogP contribution in [0.1, 0.15) is 52.9 Å². The fraction of sp³-hybridized carbons (Fsp3) is 0.933. The number of rotatable bonds is 6. The lowest BCUT2D eigenvalue weighted by Gasteiger charge is -2.37. The molecule has 1 rings (SSSR count). The van der Waals surface area contributed by atoms with Gasteiger partial charge < -0.3 is 10.1 Å². The molecule has 0 aliphatic carbocycles. The number of carbonyl (C=O) groups excluding carboxylic acids is 1. The summed E-state index contributed by atoms with van der Waals surface area (Å²) in [7, 11) is 1.46. The van der Waals surface area contributed by atoms with E-state index in [2.05, 4.69) is 35.7 Å². The molecule has 4 nitrogen and oxygen atoms in total. The molecule has 0 aromatic rings. The number of hydrogen-bond acceptors (Lipinski definition) is 4. The molecule has 1 heterocycles. The Balaban J connectivity index is 2.33. The van der Waals surface area contributed by atoms with Gasteiger partial charge >= 0.3 is 5.97 Å². The second-order valence-electron chi connectivity index (χ2n) is 6.50. The number of piperidine rings is 1. The van der Waals surface area contributed by atoms with Crippen LogP contribution in [0.3, 0.4) is 0 Å². The first-order valence-corrected chi connectivity index (χ1v) is 7.48. The molecule has 1 atom stereocenters. The Morgan fingerprint density at radius 1 is 1.37 bits per heavy atom. The third-order valence-electron chi connectivity index (χ3n) is 3.67. The van der Waals surface area contributed by atoms with Crippen LogP contribution >= 0.6 is 0 Å². The Hall–Kier alpha value is -0.610. The van der Waals surface area contributed by atoms with Gasteiger partial charge in [-0.3, -0.25) is 9.69 Å². The average Bonchev–Trinajstić information content (AvgIpc) is 2.36. The Morgan fingerprint density at radius 2 is 2.11 bits per heavy atom. The van der Waals surface area contributed by atoms with Crippen molar-refractivity contribution in [1.82, 2.24) is 10.2 Å². The molecule has 0 aromatic heterocycles. The Labute approximate surface area is 117 Å². The summed E-state index contributed by atoms with van der Waals surface area (Å²) in [5.74, 6) is -0.0959. The molecule has 112 valence electrons. The van der Waals surface area contributed by atoms with E-state index in [4.69, 9.17) is 0 Å². The first kappa shape index (κ1) is 16.4. The van der Waals surface area contributed by atoms with Crippen LogP contribution in [0.2, 0.25) is 0 Å². The van der Waals surface area contributed by atoms with Gasteiger partial charge in [0.1, 0.15) is 0 Å². The fourth-order valence-corrected chi connectivity index (χ4v) is 2.54. The number of ether oxygens (including phenoxy) is 1. The van der Waals surface area contributed by atoms with Gasteiger partial charge in [0.2, 0.25) is 0 Å². The number of carbonyl (C=O) groups is 1.